The molecule has 3 aromatic rings. The summed E-state index contributed by atoms with van der Waals surface area (Å²) in [6.45, 7) is 0.146. The third kappa shape index (κ3) is 3.81. The lowest BCUT2D eigenvalue weighted by molar-refractivity contribution is -0.137. The number of rotatable bonds is 5. The molecular weight excluding hydrogens is 377 g/mol. The van der Waals surface area contributed by atoms with Crippen molar-refractivity contribution >= 4 is 28.5 Å². The van der Waals surface area contributed by atoms with Gasteiger partial charge in [0.25, 0.3) is 11.8 Å². The Bertz CT molecular complexity index is 1060. The molecule has 10 heteroatoms. The van der Waals surface area contributed by atoms with Crippen molar-refractivity contribution < 1.29 is 27.5 Å². The molecule has 0 atom stereocenters. The van der Waals surface area contributed by atoms with Crippen molar-refractivity contribution in [2.75, 3.05) is 12.4 Å². The predicted octanol–water partition coefficient (Wildman–Crippen LogP) is 3.08. The van der Waals surface area contributed by atoms with Gasteiger partial charge in [-0.15, -0.1) is 0 Å². The maximum atomic E-state index is 13.1. The van der Waals surface area contributed by atoms with Crippen LogP contribution >= 0.6 is 0 Å². The van der Waals surface area contributed by atoms with Crippen molar-refractivity contribution in [3.05, 3.63) is 58.9 Å². The number of halogens is 3. The number of H-pyrrole nitrogens is 1. The topological polar surface area (TPSA) is 110 Å². The first-order valence-corrected chi connectivity index (χ1v) is 7.99. The van der Waals surface area contributed by atoms with E-state index in [-0.39, 0.29) is 23.4 Å². The third-order valence-corrected chi connectivity index (χ3v) is 3.92. The van der Waals surface area contributed by atoms with Gasteiger partial charge in [-0.05, 0) is 24.3 Å². The Balaban J connectivity index is 2.01. The van der Waals surface area contributed by atoms with Gasteiger partial charge in [0.05, 0.1) is 22.2 Å². The number of aromatic amines is 1. The van der Waals surface area contributed by atoms with Crippen LogP contribution in [-0.2, 0) is 17.5 Å². The average Bonchev–Trinajstić information content (AvgIpc) is 3.02. The standard InChI is InChI=1S/C18H15F3N4O3/c1-28-8-14-24-13-7-9(6-11(16(22)26)15(13)25-14)23-17(27)10-4-2-3-5-12(10)18(19,20)21/h2-7H,8H2,1H3,(H2,22,26)(H,23,27)(H,24,25). The highest BCUT2D eigenvalue weighted by molar-refractivity contribution is 6.09. The van der Waals surface area contributed by atoms with Crippen LogP contribution < -0.4 is 11.1 Å². The Morgan fingerprint density at radius 2 is 1.93 bits per heavy atom. The van der Waals surface area contributed by atoms with Crippen molar-refractivity contribution in [1.29, 1.82) is 0 Å². The highest BCUT2D eigenvalue weighted by Gasteiger charge is 2.34. The van der Waals surface area contributed by atoms with E-state index in [4.69, 9.17) is 10.5 Å². The number of alkyl halides is 3. The van der Waals surface area contributed by atoms with E-state index in [0.717, 1.165) is 12.1 Å². The number of hydrogen-bond donors (Lipinski definition) is 3. The second-order valence-corrected chi connectivity index (χ2v) is 5.90. The van der Waals surface area contributed by atoms with Crippen LogP contribution in [0.4, 0.5) is 18.9 Å². The van der Waals surface area contributed by atoms with E-state index in [0.29, 0.717) is 11.3 Å². The van der Waals surface area contributed by atoms with E-state index in [1.54, 1.807) is 0 Å². The first-order valence-electron chi connectivity index (χ1n) is 7.99. The van der Waals surface area contributed by atoms with Gasteiger partial charge in [0, 0.05) is 12.8 Å². The minimum atomic E-state index is -4.69. The number of imidazole rings is 1. The van der Waals surface area contributed by atoms with Gasteiger partial charge in [-0.25, -0.2) is 4.98 Å². The maximum Gasteiger partial charge on any atom is 0.417 e. The van der Waals surface area contributed by atoms with Crippen LogP contribution in [0.25, 0.3) is 11.0 Å². The zero-order chi connectivity index (χ0) is 20.5. The molecule has 4 N–H and O–H groups in total. The summed E-state index contributed by atoms with van der Waals surface area (Å²) in [6.07, 6.45) is -4.69. The molecule has 0 spiro atoms. The fourth-order valence-corrected chi connectivity index (χ4v) is 2.76. The zero-order valence-corrected chi connectivity index (χ0v) is 14.6. The van der Waals surface area contributed by atoms with Gasteiger partial charge in [0.15, 0.2) is 0 Å². The number of amides is 2. The normalized spacial score (nSPS) is 11.6. The van der Waals surface area contributed by atoms with Gasteiger partial charge in [-0.2, -0.15) is 13.2 Å². The molecule has 0 saturated heterocycles. The first kappa shape index (κ1) is 19.4. The van der Waals surface area contributed by atoms with E-state index in [9.17, 15) is 22.8 Å². The Labute approximate surface area is 156 Å². The van der Waals surface area contributed by atoms with E-state index >= 15 is 0 Å². The number of nitrogens with one attached hydrogen (secondary N) is 2. The van der Waals surface area contributed by atoms with E-state index < -0.39 is 29.1 Å². The van der Waals surface area contributed by atoms with Gasteiger partial charge in [-0.3, -0.25) is 9.59 Å². The molecule has 0 aliphatic rings. The molecule has 3 rings (SSSR count). The summed E-state index contributed by atoms with van der Waals surface area (Å²) in [4.78, 5) is 31.3. The number of aromatic nitrogens is 2. The lowest BCUT2D eigenvalue weighted by Gasteiger charge is -2.13. The van der Waals surface area contributed by atoms with Gasteiger partial charge in [-0.1, -0.05) is 12.1 Å². The van der Waals surface area contributed by atoms with Crippen LogP contribution in [-0.4, -0.2) is 28.9 Å². The highest BCUT2D eigenvalue weighted by Crippen LogP contribution is 2.32. The molecule has 2 amide bonds. The number of benzene rings is 2. The van der Waals surface area contributed by atoms with Crippen LogP contribution in [0.15, 0.2) is 36.4 Å². The number of primary amides is 1. The first-order chi connectivity index (χ1) is 13.2. The molecule has 1 heterocycles. The summed E-state index contributed by atoms with van der Waals surface area (Å²) >= 11 is 0. The second-order valence-electron chi connectivity index (χ2n) is 5.90. The minimum absolute atomic E-state index is 0.00973. The van der Waals surface area contributed by atoms with Crippen molar-refractivity contribution in [2.45, 2.75) is 12.8 Å². The molecule has 0 unspecified atom stereocenters. The summed E-state index contributed by atoms with van der Waals surface area (Å²) in [5.41, 5.74) is 4.52. The van der Waals surface area contributed by atoms with Crippen LogP contribution in [0.2, 0.25) is 0 Å². The lowest BCUT2D eigenvalue weighted by Crippen LogP contribution is -2.19. The van der Waals surface area contributed by atoms with E-state index in [2.05, 4.69) is 15.3 Å². The Hall–Kier alpha value is -3.40. The molecule has 2 aromatic carbocycles. The zero-order valence-electron chi connectivity index (χ0n) is 14.6. The predicted molar refractivity (Wildman–Crippen MR) is 94.7 cm³/mol. The molecule has 7 nitrogen and oxygen atoms in total. The fraction of sp³-hybridized carbons (Fsp3) is 0.167. The highest BCUT2D eigenvalue weighted by atomic mass is 19.4. The molecule has 0 radical (unpaired) electrons. The average molecular weight is 392 g/mol. The van der Waals surface area contributed by atoms with Crippen molar-refractivity contribution in [1.82, 2.24) is 9.97 Å². The Kier molecular flexibility index (Phi) is 5.06. The number of nitrogens with zero attached hydrogens (tertiary/aromatic N) is 1. The number of hydrogen-bond acceptors (Lipinski definition) is 4. The maximum absolute atomic E-state index is 13.1. The van der Waals surface area contributed by atoms with Crippen LogP contribution in [0.5, 0.6) is 0 Å². The quantitative estimate of drug-likeness (QED) is 0.620. The van der Waals surface area contributed by atoms with Gasteiger partial charge >= 0.3 is 6.18 Å². The van der Waals surface area contributed by atoms with Crippen molar-refractivity contribution in [3.63, 3.8) is 0 Å². The molecule has 146 valence electrons. The SMILES string of the molecule is COCc1nc2c(C(N)=O)cc(NC(=O)c3ccccc3C(F)(F)F)cc2[nH]1. The molecule has 0 aliphatic carbocycles. The fourth-order valence-electron chi connectivity index (χ4n) is 2.76. The number of carbonyl (C=O) groups excluding carboxylic acids is 2. The number of methoxy groups -OCH3 is 1. The molecule has 1 aromatic heterocycles. The third-order valence-electron chi connectivity index (χ3n) is 3.92. The molecule has 0 bridgehead atoms. The lowest BCUT2D eigenvalue weighted by atomic mass is 10.1. The smallest absolute Gasteiger partial charge is 0.377 e. The Morgan fingerprint density at radius 1 is 1.21 bits per heavy atom. The molecular formula is C18H15F3N4O3. The molecule has 0 fully saturated rings. The van der Waals surface area contributed by atoms with Gasteiger partial charge in [0.1, 0.15) is 17.9 Å². The number of carbonyl (C=O) groups is 2. The molecule has 28 heavy (non-hydrogen) atoms. The summed E-state index contributed by atoms with van der Waals surface area (Å²) < 4.78 is 44.4. The van der Waals surface area contributed by atoms with Crippen LogP contribution in [0.1, 0.15) is 32.1 Å². The number of anilines is 1. The Morgan fingerprint density at radius 3 is 2.57 bits per heavy atom. The van der Waals surface area contributed by atoms with Crippen molar-refractivity contribution in [2.24, 2.45) is 5.73 Å². The minimum Gasteiger partial charge on any atom is -0.377 e. The monoisotopic (exact) mass is 392 g/mol. The number of fused-ring (bicyclic) bond motifs is 1. The van der Waals surface area contributed by atoms with E-state index in [1.165, 1.54) is 31.4 Å². The van der Waals surface area contributed by atoms with Crippen molar-refractivity contribution in [3.8, 4) is 0 Å². The van der Waals surface area contributed by atoms with E-state index in [1.807, 2.05) is 0 Å². The van der Waals surface area contributed by atoms with Gasteiger partial charge < -0.3 is 20.8 Å². The largest absolute Gasteiger partial charge is 0.417 e. The molecule has 0 aliphatic heterocycles. The summed E-state index contributed by atoms with van der Waals surface area (Å²) in [6, 6.07) is 7.11. The number of ether oxygens (including phenoxy) is 1. The second kappa shape index (κ2) is 7.31. The van der Waals surface area contributed by atoms with Crippen LogP contribution in [0, 0.1) is 0 Å². The number of nitrogens with two attached hydrogens (primary N) is 1. The summed E-state index contributed by atoms with van der Waals surface area (Å²) in [7, 11) is 1.46. The van der Waals surface area contributed by atoms with Crippen LogP contribution in [0.3, 0.4) is 0 Å². The summed E-state index contributed by atoms with van der Waals surface area (Å²) in [5.74, 6) is -1.35. The molecule has 0 saturated carbocycles. The van der Waals surface area contributed by atoms with Gasteiger partial charge in [0.2, 0.25) is 0 Å². The summed E-state index contributed by atoms with van der Waals surface area (Å²) in [5, 5.41) is 2.37.